The molecule has 0 spiro atoms. The summed E-state index contributed by atoms with van der Waals surface area (Å²) in [5.74, 6) is -1.32. The Labute approximate surface area is 155 Å². The van der Waals surface area contributed by atoms with Crippen molar-refractivity contribution in [3.8, 4) is 0 Å². The molecule has 2 aromatic carbocycles. The van der Waals surface area contributed by atoms with E-state index in [4.69, 9.17) is 0 Å². The number of carbonyl (C=O) groups excluding carboxylic acids is 1. The molecule has 1 saturated heterocycles. The van der Waals surface area contributed by atoms with Gasteiger partial charge < -0.3 is 10.2 Å². The molecule has 1 aromatic heterocycles. The predicted molar refractivity (Wildman–Crippen MR) is 99.9 cm³/mol. The Morgan fingerprint density at radius 2 is 1.81 bits per heavy atom. The van der Waals surface area contributed by atoms with E-state index in [0.29, 0.717) is 5.69 Å². The summed E-state index contributed by atoms with van der Waals surface area (Å²) in [5.41, 5.74) is 0.903. The number of amides is 1. The molecule has 1 aliphatic heterocycles. The Hall–Kier alpha value is -3.09. The standard InChI is InChI=1S/C20H18F2N4O/c21-13-4-6-17(22)15(10-13)20(27)25-14-5-7-18-16(11-14)19(24-12-23-18)26-8-2-1-3-9-26/h4-7,10-12H,1-3,8-9H2,(H,25,27). The van der Waals surface area contributed by atoms with Gasteiger partial charge in [0.25, 0.3) is 5.91 Å². The summed E-state index contributed by atoms with van der Waals surface area (Å²) >= 11 is 0. The van der Waals surface area contributed by atoms with Crippen LogP contribution in [0.3, 0.4) is 0 Å². The molecule has 0 aliphatic carbocycles. The third-order valence-corrected chi connectivity index (χ3v) is 4.70. The summed E-state index contributed by atoms with van der Waals surface area (Å²) in [5, 5.41) is 3.45. The molecule has 7 heteroatoms. The molecule has 1 aliphatic rings. The molecule has 2 heterocycles. The van der Waals surface area contributed by atoms with Crippen LogP contribution in [-0.2, 0) is 0 Å². The molecular formula is C20H18F2N4O. The maximum Gasteiger partial charge on any atom is 0.258 e. The molecule has 27 heavy (non-hydrogen) atoms. The van der Waals surface area contributed by atoms with Crippen molar-refractivity contribution < 1.29 is 13.6 Å². The maximum atomic E-state index is 13.8. The van der Waals surface area contributed by atoms with E-state index in [-0.39, 0.29) is 5.56 Å². The number of nitrogens with one attached hydrogen (secondary N) is 1. The van der Waals surface area contributed by atoms with Gasteiger partial charge in [-0.1, -0.05) is 0 Å². The SMILES string of the molecule is O=C(Nc1ccc2ncnc(N3CCCCC3)c2c1)c1cc(F)ccc1F. The van der Waals surface area contributed by atoms with Crippen LogP contribution < -0.4 is 10.2 Å². The highest BCUT2D eigenvalue weighted by molar-refractivity contribution is 6.05. The van der Waals surface area contributed by atoms with Gasteiger partial charge in [0.15, 0.2) is 0 Å². The van der Waals surface area contributed by atoms with Crippen LogP contribution in [0, 0.1) is 11.6 Å². The molecule has 0 saturated carbocycles. The van der Waals surface area contributed by atoms with Gasteiger partial charge in [0.2, 0.25) is 0 Å². The van der Waals surface area contributed by atoms with E-state index in [0.717, 1.165) is 60.9 Å². The van der Waals surface area contributed by atoms with E-state index >= 15 is 0 Å². The van der Waals surface area contributed by atoms with Crippen molar-refractivity contribution in [2.75, 3.05) is 23.3 Å². The lowest BCUT2D eigenvalue weighted by Gasteiger charge is -2.28. The average Bonchev–Trinajstić information content (AvgIpc) is 2.70. The topological polar surface area (TPSA) is 58.1 Å². The minimum atomic E-state index is -0.771. The van der Waals surface area contributed by atoms with Crippen LogP contribution in [0.1, 0.15) is 29.6 Å². The van der Waals surface area contributed by atoms with Crippen molar-refractivity contribution in [3.05, 3.63) is 59.9 Å². The first-order valence-electron chi connectivity index (χ1n) is 8.88. The molecule has 1 amide bonds. The van der Waals surface area contributed by atoms with Gasteiger partial charge in [0.1, 0.15) is 23.8 Å². The first kappa shape index (κ1) is 17.3. The Morgan fingerprint density at radius 1 is 1.00 bits per heavy atom. The molecule has 4 rings (SSSR count). The molecule has 3 aromatic rings. The molecular weight excluding hydrogens is 350 g/mol. The molecule has 0 unspecified atom stereocenters. The average molecular weight is 368 g/mol. The first-order valence-corrected chi connectivity index (χ1v) is 8.88. The summed E-state index contributed by atoms with van der Waals surface area (Å²) in [4.78, 5) is 23.3. The first-order chi connectivity index (χ1) is 13.1. The number of rotatable bonds is 3. The van der Waals surface area contributed by atoms with Crippen molar-refractivity contribution in [1.29, 1.82) is 0 Å². The highest BCUT2D eigenvalue weighted by Gasteiger charge is 2.17. The van der Waals surface area contributed by atoms with Crippen molar-refractivity contribution in [3.63, 3.8) is 0 Å². The number of hydrogen-bond acceptors (Lipinski definition) is 4. The lowest BCUT2D eigenvalue weighted by Crippen LogP contribution is -2.30. The summed E-state index contributed by atoms with van der Waals surface area (Å²) in [7, 11) is 0. The predicted octanol–water partition coefficient (Wildman–Crippen LogP) is 4.15. The van der Waals surface area contributed by atoms with Gasteiger partial charge in [-0.3, -0.25) is 4.79 Å². The van der Waals surface area contributed by atoms with Crippen LogP contribution in [-0.4, -0.2) is 29.0 Å². The minimum absolute atomic E-state index is 0.337. The third-order valence-electron chi connectivity index (χ3n) is 4.70. The number of fused-ring (bicyclic) bond motifs is 1. The fourth-order valence-electron chi connectivity index (χ4n) is 3.35. The van der Waals surface area contributed by atoms with E-state index in [2.05, 4.69) is 20.2 Å². The van der Waals surface area contributed by atoms with Gasteiger partial charge in [-0.15, -0.1) is 0 Å². The Morgan fingerprint density at radius 3 is 2.63 bits per heavy atom. The zero-order valence-corrected chi connectivity index (χ0v) is 14.6. The van der Waals surface area contributed by atoms with Crippen molar-refractivity contribution >= 4 is 28.3 Å². The van der Waals surface area contributed by atoms with Crippen LogP contribution in [0.25, 0.3) is 10.9 Å². The monoisotopic (exact) mass is 368 g/mol. The lowest BCUT2D eigenvalue weighted by atomic mass is 10.1. The molecule has 1 fully saturated rings. The van der Waals surface area contributed by atoms with E-state index in [1.54, 1.807) is 18.2 Å². The number of benzene rings is 2. The van der Waals surface area contributed by atoms with Crippen molar-refractivity contribution in [1.82, 2.24) is 9.97 Å². The number of aromatic nitrogens is 2. The van der Waals surface area contributed by atoms with Crippen LogP contribution in [0.2, 0.25) is 0 Å². The fraction of sp³-hybridized carbons (Fsp3) is 0.250. The van der Waals surface area contributed by atoms with E-state index < -0.39 is 17.5 Å². The quantitative estimate of drug-likeness (QED) is 0.755. The fourth-order valence-corrected chi connectivity index (χ4v) is 3.35. The second-order valence-electron chi connectivity index (χ2n) is 6.56. The lowest BCUT2D eigenvalue weighted by molar-refractivity contribution is 0.102. The Bertz CT molecular complexity index is 1000. The molecule has 0 bridgehead atoms. The highest BCUT2D eigenvalue weighted by Crippen LogP contribution is 2.28. The van der Waals surface area contributed by atoms with Crippen LogP contribution in [0.4, 0.5) is 20.3 Å². The van der Waals surface area contributed by atoms with Gasteiger partial charge in [0.05, 0.1) is 11.1 Å². The highest BCUT2D eigenvalue weighted by atomic mass is 19.1. The number of nitrogens with zero attached hydrogens (tertiary/aromatic N) is 3. The van der Waals surface area contributed by atoms with Gasteiger partial charge in [-0.05, 0) is 55.7 Å². The van der Waals surface area contributed by atoms with Gasteiger partial charge in [-0.2, -0.15) is 0 Å². The molecule has 0 atom stereocenters. The summed E-state index contributed by atoms with van der Waals surface area (Å²) in [6, 6.07) is 8.03. The largest absolute Gasteiger partial charge is 0.356 e. The second-order valence-corrected chi connectivity index (χ2v) is 6.56. The Kier molecular flexibility index (Phi) is 4.66. The zero-order valence-electron chi connectivity index (χ0n) is 14.6. The van der Waals surface area contributed by atoms with E-state index in [9.17, 15) is 13.6 Å². The molecule has 0 radical (unpaired) electrons. The summed E-state index contributed by atoms with van der Waals surface area (Å²) < 4.78 is 27.2. The number of halogens is 2. The van der Waals surface area contributed by atoms with Crippen LogP contribution in [0.15, 0.2) is 42.7 Å². The summed E-state index contributed by atoms with van der Waals surface area (Å²) in [6.07, 6.45) is 4.97. The molecule has 5 nitrogen and oxygen atoms in total. The normalized spacial score (nSPS) is 14.4. The van der Waals surface area contributed by atoms with Crippen molar-refractivity contribution in [2.45, 2.75) is 19.3 Å². The molecule has 138 valence electrons. The number of anilines is 2. The van der Waals surface area contributed by atoms with Crippen LogP contribution >= 0.6 is 0 Å². The second kappa shape index (κ2) is 7.26. The maximum absolute atomic E-state index is 13.8. The zero-order chi connectivity index (χ0) is 18.8. The third kappa shape index (κ3) is 3.58. The van der Waals surface area contributed by atoms with Gasteiger partial charge >= 0.3 is 0 Å². The number of piperidine rings is 1. The van der Waals surface area contributed by atoms with Crippen molar-refractivity contribution in [2.24, 2.45) is 0 Å². The molecule has 1 N–H and O–H groups in total. The van der Waals surface area contributed by atoms with E-state index in [1.807, 2.05) is 0 Å². The minimum Gasteiger partial charge on any atom is -0.356 e. The van der Waals surface area contributed by atoms with E-state index in [1.165, 1.54) is 12.7 Å². The smallest absolute Gasteiger partial charge is 0.258 e. The number of hydrogen-bond donors (Lipinski definition) is 1. The van der Waals surface area contributed by atoms with Gasteiger partial charge in [-0.25, -0.2) is 18.7 Å². The number of carbonyl (C=O) groups is 1. The van der Waals surface area contributed by atoms with Crippen LogP contribution in [0.5, 0.6) is 0 Å². The van der Waals surface area contributed by atoms with Gasteiger partial charge in [0, 0.05) is 24.2 Å². The Balaban J connectivity index is 1.66. The summed E-state index contributed by atoms with van der Waals surface area (Å²) in [6.45, 7) is 1.86.